The van der Waals surface area contributed by atoms with Gasteiger partial charge in [0, 0.05) is 17.6 Å². The van der Waals surface area contributed by atoms with Crippen LogP contribution >= 0.6 is 23.2 Å². The van der Waals surface area contributed by atoms with E-state index in [1.807, 2.05) is 0 Å². The molecule has 2 fully saturated rings. The smallest absolute Gasteiger partial charge is 0.292 e. The molecule has 2 aromatic rings. The van der Waals surface area contributed by atoms with Crippen LogP contribution < -0.4 is 10.2 Å². The summed E-state index contributed by atoms with van der Waals surface area (Å²) in [4.78, 5) is 25.5. The number of carbonyl (C=O) groups excluding carboxylic acids is 1. The summed E-state index contributed by atoms with van der Waals surface area (Å²) < 4.78 is 26.8. The first kappa shape index (κ1) is 23.3. The first-order valence-electron chi connectivity index (χ1n) is 10.0. The number of hydrogen-bond donors (Lipinski definition) is 1. The summed E-state index contributed by atoms with van der Waals surface area (Å²) in [6.45, 7) is -0.163. The van der Waals surface area contributed by atoms with Gasteiger partial charge in [0.2, 0.25) is 5.91 Å². The van der Waals surface area contributed by atoms with Crippen molar-refractivity contribution in [2.45, 2.75) is 41.0 Å². The third-order valence-corrected chi connectivity index (χ3v) is 8.77. The van der Waals surface area contributed by atoms with E-state index in [1.165, 1.54) is 41.3 Å². The summed E-state index contributed by atoms with van der Waals surface area (Å²) in [5, 5.41) is 22.8. The summed E-state index contributed by atoms with van der Waals surface area (Å²) in [5.74, 6) is -0.549. The van der Waals surface area contributed by atoms with Crippen LogP contribution in [0, 0.1) is 21.4 Å². The molecule has 1 heterocycles. The summed E-state index contributed by atoms with van der Waals surface area (Å²) in [6.07, 6.45) is 0.867. The molecule has 0 bridgehead atoms. The summed E-state index contributed by atoms with van der Waals surface area (Å²) in [7, 11) is -4.01. The Balaban J connectivity index is 1.73. The number of nitro groups is 1. The van der Waals surface area contributed by atoms with Gasteiger partial charge in [0.05, 0.1) is 26.2 Å². The fourth-order valence-electron chi connectivity index (χ4n) is 3.99. The molecule has 9 nitrogen and oxygen atoms in total. The SMILES string of the molecule is N#CC1(NC(=O)C2CC(S(=O)(=O)c3ccc(Cl)cc3Cl)CN2c2ccccc2[N+](=O)[O-])CC1. The molecule has 2 aromatic carbocycles. The minimum atomic E-state index is -4.01. The van der Waals surface area contributed by atoms with Gasteiger partial charge in [-0.1, -0.05) is 35.3 Å². The maximum absolute atomic E-state index is 13.4. The van der Waals surface area contributed by atoms with Crippen molar-refractivity contribution in [2.75, 3.05) is 11.4 Å². The third kappa shape index (κ3) is 4.36. The normalized spacial score (nSPS) is 21.3. The molecule has 0 spiro atoms. The van der Waals surface area contributed by atoms with Crippen LogP contribution in [0.1, 0.15) is 19.3 Å². The fourth-order valence-corrected chi connectivity index (χ4v) is 6.46. The Morgan fingerprint density at radius 3 is 2.55 bits per heavy atom. The van der Waals surface area contributed by atoms with E-state index in [9.17, 15) is 28.6 Å². The average molecular weight is 509 g/mol. The summed E-state index contributed by atoms with van der Waals surface area (Å²) >= 11 is 12.0. The Hall–Kier alpha value is -2.87. The Morgan fingerprint density at radius 2 is 1.94 bits per heavy atom. The second-order valence-corrected chi connectivity index (χ2v) is 11.1. The van der Waals surface area contributed by atoms with E-state index in [-0.39, 0.29) is 39.3 Å². The van der Waals surface area contributed by atoms with Crippen LogP contribution in [-0.2, 0) is 14.6 Å². The molecular weight excluding hydrogens is 491 g/mol. The lowest BCUT2D eigenvalue weighted by Crippen LogP contribution is -2.47. The molecule has 1 N–H and O–H groups in total. The monoisotopic (exact) mass is 508 g/mol. The molecular formula is C21H18Cl2N4O5S. The molecule has 12 heteroatoms. The van der Waals surface area contributed by atoms with Gasteiger partial charge in [0.15, 0.2) is 9.84 Å². The topological polar surface area (TPSA) is 133 Å². The fraction of sp³-hybridized carbons (Fsp3) is 0.333. The number of halogens is 2. The number of nitro benzene ring substituents is 1. The van der Waals surface area contributed by atoms with Crippen LogP contribution in [0.25, 0.3) is 0 Å². The molecule has 1 saturated heterocycles. The van der Waals surface area contributed by atoms with E-state index >= 15 is 0 Å². The largest absolute Gasteiger partial charge is 0.353 e. The number of nitrogens with zero attached hydrogens (tertiary/aromatic N) is 3. The van der Waals surface area contributed by atoms with Crippen LogP contribution in [0.15, 0.2) is 47.4 Å². The number of para-hydroxylation sites is 2. The highest BCUT2D eigenvalue weighted by Gasteiger charge is 2.50. The van der Waals surface area contributed by atoms with E-state index in [1.54, 1.807) is 6.07 Å². The number of amides is 1. The number of benzene rings is 2. The molecule has 172 valence electrons. The summed E-state index contributed by atoms with van der Waals surface area (Å²) in [5.41, 5.74) is -1.09. The van der Waals surface area contributed by atoms with Crippen molar-refractivity contribution >= 4 is 50.3 Å². The third-order valence-electron chi connectivity index (χ3n) is 5.92. The molecule has 0 aromatic heterocycles. The first-order valence-corrected chi connectivity index (χ1v) is 12.3. The zero-order valence-electron chi connectivity index (χ0n) is 17.1. The van der Waals surface area contributed by atoms with Crippen molar-refractivity contribution in [2.24, 2.45) is 0 Å². The highest BCUT2D eigenvalue weighted by molar-refractivity contribution is 7.92. The van der Waals surface area contributed by atoms with Gasteiger partial charge in [-0.2, -0.15) is 5.26 Å². The van der Waals surface area contributed by atoms with Gasteiger partial charge in [-0.25, -0.2) is 8.42 Å². The van der Waals surface area contributed by atoms with Crippen molar-refractivity contribution in [3.05, 3.63) is 62.6 Å². The lowest BCUT2D eigenvalue weighted by atomic mass is 10.1. The van der Waals surface area contributed by atoms with Gasteiger partial charge in [-0.15, -0.1) is 0 Å². The Bertz CT molecular complexity index is 1290. The van der Waals surface area contributed by atoms with E-state index in [4.69, 9.17) is 23.2 Å². The van der Waals surface area contributed by atoms with E-state index < -0.39 is 37.5 Å². The average Bonchev–Trinajstić information content (AvgIpc) is 3.38. The van der Waals surface area contributed by atoms with E-state index in [0.717, 1.165) is 0 Å². The van der Waals surface area contributed by atoms with Gasteiger partial charge in [0.25, 0.3) is 5.69 Å². The lowest BCUT2D eigenvalue weighted by Gasteiger charge is -2.26. The van der Waals surface area contributed by atoms with Crippen LogP contribution in [0.3, 0.4) is 0 Å². The molecule has 1 aliphatic carbocycles. The number of anilines is 1. The van der Waals surface area contributed by atoms with E-state index in [0.29, 0.717) is 12.8 Å². The highest BCUT2D eigenvalue weighted by atomic mass is 35.5. The van der Waals surface area contributed by atoms with E-state index in [2.05, 4.69) is 11.4 Å². The van der Waals surface area contributed by atoms with Crippen molar-refractivity contribution < 1.29 is 18.1 Å². The minimum absolute atomic E-state index is 0.0472. The number of hydrogen-bond acceptors (Lipinski definition) is 7. The molecule has 2 atom stereocenters. The maximum atomic E-state index is 13.4. The number of sulfone groups is 1. The molecule has 4 rings (SSSR count). The highest BCUT2D eigenvalue weighted by Crippen LogP contribution is 2.40. The zero-order valence-corrected chi connectivity index (χ0v) is 19.4. The predicted octanol–water partition coefficient (Wildman–Crippen LogP) is 3.50. The Morgan fingerprint density at radius 1 is 1.24 bits per heavy atom. The van der Waals surface area contributed by atoms with Crippen molar-refractivity contribution in [3.8, 4) is 6.07 Å². The van der Waals surface area contributed by atoms with Crippen molar-refractivity contribution in [1.29, 1.82) is 5.26 Å². The first-order chi connectivity index (χ1) is 15.6. The number of carbonyl (C=O) groups is 1. The van der Waals surface area contributed by atoms with Gasteiger partial charge in [-0.3, -0.25) is 14.9 Å². The molecule has 33 heavy (non-hydrogen) atoms. The maximum Gasteiger partial charge on any atom is 0.292 e. The lowest BCUT2D eigenvalue weighted by molar-refractivity contribution is -0.384. The molecule has 0 radical (unpaired) electrons. The molecule has 2 unspecified atom stereocenters. The molecule has 2 aliphatic rings. The van der Waals surface area contributed by atoms with Crippen LogP contribution in [0.2, 0.25) is 10.0 Å². The van der Waals surface area contributed by atoms with Gasteiger partial charge in [0.1, 0.15) is 17.3 Å². The van der Waals surface area contributed by atoms with Crippen LogP contribution in [-0.4, -0.2) is 42.6 Å². The quantitative estimate of drug-likeness (QED) is 0.466. The zero-order chi connectivity index (χ0) is 24.0. The Labute approximate surface area is 200 Å². The van der Waals surface area contributed by atoms with Gasteiger partial charge < -0.3 is 10.2 Å². The second kappa shape index (κ2) is 8.48. The Kier molecular flexibility index (Phi) is 5.99. The predicted molar refractivity (Wildman–Crippen MR) is 122 cm³/mol. The number of nitrogens with one attached hydrogen (secondary N) is 1. The molecule has 1 saturated carbocycles. The number of nitriles is 1. The second-order valence-electron chi connectivity index (χ2n) is 8.07. The summed E-state index contributed by atoms with van der Waals surface area (Å²) in [6, 6.07) is 10.9. The standard InChI is InChI=1S/C21H18Cl2N4O5S/c22-13-5-6-19(15(23)9-13)33(31,32)14-10-18(20(28)25-21(12-24)7-8-21)26(11-14)16-3-1-2-4-17(16)27(29)30/h1-6,9,14,18H,7-8,10-11H2,(H,25,28). The molecule has 1 amide bonds. The van der Waals surface area contributed by atoms with Crippen molar-refractivity contribution in [1.82, 2.24) is 5.32 Å². The van der Waals surface area contributed by atoms with Crippen LogP contribution in [0.4, 0.5) is 11.4 Å². The molecule has 1 aliphatic heterocycles. The van der Waals surface area contributed by atoms with Crippen LogP contribution in [0.5, 0.6) is 0 Å². The van der Waals surface area contributed by atoms with Crippen molar-refractivity contribution in [3.63, 3.8) is 0 Å². The number of rotatable bonds is 6. The van der Waals surface area contributed by atoms with Gasteiger partial charge in [-0.05, 0) is 43.5 Å². The van der Waals surface area contributed by atoms with Gasteiger partial charge >= 0.3 is 0 Å². The minimum Gasteiger partial charge on any atom is -0.353 e.